The summed E-state index contributed by atoms with van der Waals surface area (Å²) >= 11 is 3.44. The van der Waals surface area contributed by atoms with Crippen LogP contribution in [0, 0.1) is 0 Å². The van der Waals surface area contributed by atoms with Crippen molar-refractivity contribution in [2.45, 2.75) is 38.8 Å². The number of halogens is 2. The number of nitrogens with zero attached hydrogens (tertiary/aromatic N) is 2. The normalized spacial score (nSPS) is 19.4. The molecule has 0 aliphatic carbocycles. The Morgan fingerprint density at radius 2 is 2.21 bits per heavy atom. The number of aromatic nitrogens is 1. The van der Waals surface area contributed by atoms with Crippen molar-refractivity contribution >= 4 is 34.2 Å². The van der Waals surface area contributed by atoms with Gasteiger partial charge >= 0.3 is 0 Å². The Morgan fingerprint density at radius 3 is 2.79 bits per heavy atom. The SMILES string of the molecule is CC(C)n1cc(Br)cc1C(=O)N1CCC[C@@H](N)C1.Cl. The Kier molecular flexibility index (Phi) is 5.89. The topological polar surface area (TPSA) is 51.3 Å². The highest BCUT2D eigenvalue weighted by Crippen LogP contribution is 2.22. The van der Waals surface area contributed by atoms with E-state index in [-0.39, 0.29) is 30.4 Å². The van der Waals surface area contributed by atoms with Crippen molar-refractivity contribution < 1.29 is 4.79 Å². The lowest BCUT2D eigenvalue weighted by Crippen LogP contribution is -2.46. The number of amides is 1. The van der Waals surface area contributed by atoms with Gasteiger partial charge in [0, 0.05) is 35.8 Å². The van der Waals surface area contributed by atoms with Gasteiger partial charge in [0.2, 0.25) is 0 Å². The van der Waals surface area contributed by atoms with E-state index in [1.54, 1.807) is 0 Å². The van der Waals surface area contributed by atoms with E-state index in [1.807, 2.05) is 21.7 Å². The zero-order valence-corrected chi connectivity index (χ0v) is 13.7. The first kappa shape index (κ1) is 16.5. The molecule has 108 valence electrons. The second kappa shape index (κ2) is 6.77. The van der Waals surface area contributed by atoms with Crippen molar-refractivity contribution in [2.75, 3.05) is 13.1 Å². The van der Waals surface area contributed by atoms with Crippen molar-refractivity contribution in [1.82, 2.24) is 9.47 Å². The maximum Gasteiger partial charge on any atom is 0.270 e. The minimum Gasteiger partial charge on any atom is -0.340 e. The van der Waals surface area contributed by atoms with Gasteiger partial charge in [0.15, 0.2) is 0 Å². The quantitative estimate of drug-likeness (QED) is 0.891. The lowest BCUT2D eigenvalue weighted by atomic mass is 10.1. The van der Waals surface area contributed by atoms with E-state index in [9.17, 15) is 4.79 Å². The van der Waals surface area contributed by atoms with Gasteiger partial charge in [-0.25, -0.2) is 0 Å². The molecule has 1 aromatic heterocycles. The molecule has 0 aromatic carbocycles. The van der Waals surface area contributed by atoms with Gasteiger partial charge in [-0.1, -0.05) is 0 Å². The van der Waals surface area contributed by atoms with Crippen LogP contribution in [0.4, 0.5) is 0 Å². The van der Waals surface area contributed by atoms with Gasteiger partial charge < -0.3 is 15.2 Å². The molecular formula is C13H21BrClN3O. The highest BCUT2D eigenvalue weighted by atomic mass is 79.9. The van der Waals surface area contributed by atoms with Gasteiger partial charge in [0.1, 0.15) is 5.69 Å². The molecule has 6 heteroatoms. The third-order valence-corrected chi connectivity index (χ3v) is 3.77. The van der Waals surface area contributed by atoms with Gasteiger partial charge in [-0.3, -0.25) is 4.79 Å². The number of piperidine rings is 1. The predicted octanol–water partition coefficient (Wildman–Crippen LogP) is 2.82. The molecule has 1 fully saturated rings. The zero-order valence-electron chi connectivity index (χ0n) is 11.3. The third kappa shape index (κ3) is 3.74. The summed E-state index contributed by atoms with van der Waals surface area (Å²) in [6.07, 6.45) is 3.97. The van der Waals surface area contributed by atoms with Crippen LogP contribution in [-0.4, -0.2) is 34.5 Å². The van der Waals surface area contributed by atoms with Crippen LogP contribution in [0.15, 0.2) is 16.7 Å². The number of hydrogen-bond acceptors (Lipinski definition) is 2. The Morgan fingerprint density at radius 1 is 1.53 bits per heavy atom. The highest BCUT2D eigenvalue weighted by Gasteiger charge is 2.25. The Hall–Kier alpha value is -0.520. The smallest absolute Gasteiger partial charge is 0.270 e. The lowest BCUT2D eigenvalue weighted by Gasteiger charge is -2.31. The fourth-order valence-electron chi connectivity index (χ4n) is 2.40. The number of rotatable bonds is 2. The van der Waals surface area contributed by atoms with Gasteiger partial charge in [0.25, 0.3) is 5.91 Å². The molecular weight excluding hydrogens is 330 g/mol. The summed E-state index contributed by atoms with van der Waals surface area (Å²) in [4.78, 5) is 14.4. The Bertz CT molecular complexity index is 447. The molecule has 1 aromatic rings. The third-order valence-electron chi connectivity index (χ3n) is 3.34. The molecule has 1 aliphatic rings. The van der Waals surface area contributed by atoms with Crippen molar-refractivity contribution in [3.05, 3.63) is 22.4 Å². The monoisotopic (exact) mass is 349 g/mol. The van der Waals surface area contributed by atoms with E-state index in [2.05, 4.69) is 29.8 Å². The first-order chi connectivity index (χ1) is 8.49. The molecule has 0 radical (unpaired) electrons. The summed E-state index contributed by atoms with van der Waals surface area (Å²) in [5, 5.41) is 0. The van der Waals surface area contributed by atoms with Crippen LogP contribution in [0.25, 0.3) is 0 Å². The fourth-order valence-corrected chi connectivity index (χ4v) is 2.84. The molecule has 0 saturated carbocycles. The van der Waals surface area contributed by atoms with Crippen LogP contribution < -0.4 is 5.73 Å². The summed E-state index contributed by atoms with van der Waals surface area (Å²) in [7, 11) is 0. The number of nitrogens with two attached hydrogens (primary N) is 1. The van der Waals surface area contributed by atoms with Crippen LogP contribution >= 0.6 is 28.3 Å². The van der Waals surface area contributed by atoms with Gasteiger partial charge in [-0.2, -0.15) is 0 Å². The number of carbonyl (C=O) groups excluding carboxylic acids is 1. The summed E-state index contributed by atoms with van der Waals surface area (Å²) in [6, 6.07) is 2.28. The summed E-state index contributed by atoms with van der Waals surface area (Å²) < 4.78 is 2.95. The molecule has 0 unspecified atom stereocenters. The van der Waals surface area contributed by atoms with Crippen molar-refractivity contribution in [3.8, 4) is 0 Å². The van der Waals surface area contributed by atoms with Gasteiger partial charge in [-0.05, 0) is 48.7 Å². The van der Waals surface area contributed by atoms with E-state index in [4.69, 9.17) is 5.73 Å². The van der Waals surface area contributed by atoms with Crippen molar-refractivity contribution in [3.63, 3.8) is 0 Å². The van der Waals surface area contributed by atoms with Crippen LogP contribution in [0.5, 0.6) is 0 Å². The number of carbonyl (C=O) groups is 1. The van der Waals surface area contributed by atoms with E-state index in [1.165, 1.54) is 0 Å². The minimum atomic E-state index is 0. The minimum absolute atomic E-state index is 0. The van der Waals surface area contributed by atoms with Gasteiger partial charge in [-0.15, -0.1) is 12.4 Å². The summed E-state index contributed by atoms with van der Waals surface area (Å²) in [6.45, 7) is 5.63. The van der Waals surface area contributed by atoms with E-state index in [0.29, 0.717) is 6.54 Å². The molecule has 1 saturated heterocycles. The predicted molar refractivity (Wildman–Crippen MR) is 82.9 cm³/mol. The van der Waals surface area contributed by atoms with Crippen LogP contribution in [0.3, 0.4) is 0 Å². The summed E-state index contributed by atoms with van der Waals surface area (Å²) in [5.74, 6) is 0.0875. The van der Waals surface area contributed by atoms with Crippen LogP contribution in [0.2, 0.25) is 0 Å². The molecule has 0 spiro atoms. The fraction of sp³-hybridized carbons (Fsp3) is 0.615. The maximum atomic E-state index is 12.5. The first-order valence-corrected chi connectivity index (χ1v) is 7.20. The molecule has 1 atom stereocenters. The summed E-state index contributed by atoms with van der Waals surface area (Å²) in [5.41, 5.74) is 6.68. The van der Waals surface area contributed by atoms with E-state index in [0.717, 1.165) is 29.6 Å². The molecule has 1 aliphatic heterocycles. The van der Waals surface area contributed by atoms with Crippen molar-refractivity contribution in [1.29, 1.82) is 0 Å². The highest BCUT2D eigenvalue weighted by molar-refractivity contribution is 9.10. The largest absolute Gasteiger partial charge is 0.340 e. The molecule has 4 nitrogen and oxygen atoms in total. The second-order valence-corrected chi connectivity index (χ2v) is 6.11. The molecule has 0 bridgehead atoms. The number of likely N-dealkylation sites (tertiary alicyclic amines) is 1. The van der Waals surface area contributed by atoms with E-state index < -0.39 is 0 Å². The van der Waals surface area contributed by atoms with Crippen LogP contribution in [0.1, 0.15) is 43.2 Å². The van der Waals surface area contributed by atoms with Crippen molar-refractivity contribution in [2.24, 2.45) is 5.73 Å². The zero-order chi connectivity index (χ0) is 13.3. The molecule has 19 heavy (non-hydrogen) atoms. The average molecular weight is 351 g/mol. The van der Waals surface area contributed by atoms with E-state index >= 15 is 0 Å². The number of hydrogen-bond donors (Lipinski definition) is 1. The average Bonchev–Trinajstić information content (AvgIpc) is 2.70. The maximum absolute atomic E-state index is 12.5. The Balaban J connectivity index is 0.00000180. The standard InChI is InChI=1S/C13H20BrN3O.ClH/c1-9(2)17-7-10(14)6-12(17)13(18)16-5-3-4-11(15)8-16;/h6-7,9,11H,3-5,8,15H2,1-2H3;1H/t11-;/m1./s1. The molecule has 2 N–H and O–H groups in total. The first-order valence-electron chi connectivity index (χ1n) is 6.41. The molecule has 1 amide bonds. The Labute approximate surface area is 128 Å². The molecule has 2 heterocycles. The second-order valence-electron chi connectivity index (χ2n) is 5.20. The van der Waals surface area contributed by atoms with Gasteiger partial charge in [0.05, 0.1) is 0 Å². The van der Waals surface area contributed by atoms with Crippen LogP contribution in [-0.2, 0) is 0 Å². The molecule has 2 rings (SSSR count). The lowest BCUT2D eigenvalue weighted by molar-refractivity contribution is 0.0696.